The lowest BCUT2D eigenvalue weighted by molar-refractivity contribution is -0.142. The Morgan fingerprint density at radius 2 is 2.10 bits per heavy atom. The van der Waals surface area contributed by atoms with Crippen LogP contribution in [0.3, 0.4) is 0 Å². The molecule has 0 heterocycles. The van der Waals surface area contributed by atoms with Crippen LogP contribution < -0.4 is 10.6 Å². The van der Waals surface area contributed by atoms with Crippen LogP contribution in [0.25, 0.3) is 0 Å². The number of carbonyl (C=O) groups is 2. The molecular formula is C13H14BrFN2O3. The summed E-state index contributed by atoms with van der Waals surface area (Å²) in [6.07, 6.45) is 2.00. The van der Waals surface area contributed by atoms with Gasteiger partial charge in [-0.05, 0) is 47.0 Å². The fourth-order valence-corrected chi connectivity index (χ4v) is 2.72. The minimum atomic E-state index is -0.891. The molecule has 0 bridgehead atoms. The van der Waals surface area contributed by atoms with Crippen molar-refractivity contribution in [3.63, 3.8) is 0 Å². The smallest absolute Gasteiger partial charge is 0.319 e. The predicted octanol–water partition coefficient (Wildman–Crippen LogP) is 2.96. The van der Waals surface area contributed by atoms with E-state index in [1.807, 2.05) is 0 Å². The molecule has 2 rings (SSSR count). The maximum Gasteiger partial charge on any atom is 0.319 e. The van der Waals surface area contributed by atoms with Crippen LogP contribution in [-0.2, 0) is 4.79 Å². The number of urea groups is 1. The summed E-state index contributed by atoms with van der Waals surface area (Å²) in [7, 11) is 0. The summed E-state index contributed by atoms with van der Waals surface area (Å²) in [5.41, 5.74) is 0.431. The molecule has 1 aromatic rings. The lowest BCUT2D eigenvalue weighted by Crippen LogP contribution is -2.42. The van der Waals surface area contributed by atoms with Crippen LogP contribution in [0.1, 0.15) is 19.3 Å². The highest BCUT2D eigenvalue weighted by Gasteiger charge is 2.33. The molecule has 5 nitrogen and oxygen atoms in total. The van der Waals surface area contributed by atoms with Gasteiger partial charge in [0.25, 0.3) is 0 Å². The molecule has 3 N–H and O–H groups in total. The second kappa shape index (κ2) is 6.21. The topological polar surface area (TPSA) is 78.4 Å². The highest BCUT2D eigenvalue weighted by Crippen LogP contribution is 2.26. The number of amides is 2. The Labute approximate surface area is 123 Å². The van der Waals surface area contributed by atoms with Crippen LogP contribution in [-0.4, -0.2) is 23.1 Å². The second-order valence-corrected chi connectivity index (χ2v) is 5.56. The average Bonchev–Trinajstić information content (AvgIpc) is 2.82. The molecular weight excluding hydrogens is 331 g/mol. The molecule has 20 heavy (non-hydrogen) atoms. The van der Waals surface area contributed by atoms with Crippen molar-refractivity contribution in [2.75, 3.05) is 5.32 Å². The van der Waals surface area contributed by atoms with E-state index in [4.69, 9.17) is 5.11 Å². The van der Waals surface area contributed by atoms with E-state index in [0.29, 0.717) is 18.5 Å². The first-order valence-corrected chi connectivity index (χ1v) is 7.02. The molecule has 2 atom stereocenters. The maximum absolute atomic E-state index is 13.1. The predicted molar refractivity (Wildman–Crippen MR) is 75.0 cm³/mol. The van der Waals surface area contributed by atoms with E-state index >= 15 is 0 Å². The Balaban J connectivity index is 1.95. The summed E-state index contributed by atoms with van der Waals surface area (Å²) in [6, 6.07) is 3.26. The number of rotatable bonds is 3. The van der Waals surface area contributed by atoms with Gasteiger partial charge in [0.2, 0.25) is 0 Å². The number of benzene rings is 1. The lowest BCUT2D eigenvalue weighted by Gasteiger charge is -2.18. The normalized spacial score (nSPS) is 21.5. The zero-order chi connectivity index (χ0) is 14.7. The van der Waals surface area contributed by atoms with Crippen molar-refractivity contribution in [3.8, 4) is 0 Å². The number of aliphatic carboxylic acids is 1. The SMILES string of the molecule is O=C(Nc1ccc(F)c(Br)c1)NC1CCCC1C(=O)O. The summed E-state index contributed by atoms with van der Waals surface area (Å²) in [4.78, 5) is 22.8. The van der Waals surface area contributed by atoms with Gasteiger partial charge in [0, 0.05) is 11.7 Å². The molecule has 0 saturated heterocycles. The van der Waals surface area contributed by atoms with Gasteiger partial charge >= 0.3 is 12.0 Å². The number of carboxylic acids is 1. The van der Waals surface area contributed by atoms with Crippen LogP contribution in [0, 0.1) is 11.7 Å². The van der Waals surface area contributed by atoms with Crippen molar-refractivity contribution < 1.29 is 19.1 Å². The van der Waals surface area contributed by atoms with Gasteiger partial charge < -0.3 is 15.7 Å². The first-order chi connectivity index (χ1) is 9.47. The number of nitrogens with one attached hydrogen (secondary N) is 2. The van der Waals surface area contributed by atoms with E-state index in [2.05, 4.69) is 26.6 Å². The molecule has 1 aliphatic carbocycles. The number of carboxylic acid groups (broad SMARTS) is 1. The van der Waals surface area contributed by atoms with Gasteiger partial charge in [0.1, 0.15) is 5.82 Å². The van der Waals surface area contributed by atoms with Crippen molar-refractivity contribution >= 4 is 33.6 Å². The number of hydrogen-bond acceptors (Lipinski definition) is 2. The highest BCUT2D eigenvalue weighted by molar-refractivity contribution is 9.10. The Bertz CT molecular complexity index is 538. The summed E-state index contributed by atoms with van der Waals surface area (Å²) < 4.78 is 13.3. The molecule has 108 valence electrons. The standard InChI is InChI=1S/C13H14BrFN2O3/c14-9-6-7(4-5-10(9)15)16-13(20)17-11-3-1-2-8(11)12(18)19/h4-6,8,11H,1-3H2,(H,18,19)(H2,16,17,20). The summed E-state index contributed by atoms with van der Waals surface area (Å²) in [6.45, 7) is 0. The van der Waals surface area contributed by atoms with Gasteiger partial charge in [-0.2, -0.15) is 0 Å². The van der Waals surface area contributed by atoms with Crippen LogP contribution in [0.2, 0.25) is 0 Å². The zero-order valence-electron chi connectivity index (χ0n) is 10.5. The fourth-order valence-electron chi connectivity index (χ4n) is 2.34. The average molecular weight is 345 g/mol. The molecule has 0 radical (unpaired) electrons. The third-order valence-corrected chi connectivity index (χ3v) is 3.93. The molecule has 2 amide bonds. The van der Waals surface area contributed by atoms with Crippen LogP contribution in [0.15, 0.2) is 22.7 Å². The first-order valence-electron chi connectivity index (χ1n) is 6.23. The van der Waals surface area contributed by atoms with E-state index in [1.54, 1.807) is 0 Å². The Hall–Kier alpha value is -1.63. The molecule has 7 heteroatoms. The van der Waals surface area contributed by atoms with E-state index < -0.39 is 23.7 Å². The van der Waals surface area contributed by atoms with Gasteiger partial charge in [0.15, 0.2) is 0 Å². The highest BCUT2D eigenvalue weighted by atomic mass is 79.9. The van der Waals surface area contributed by atoms with Crippen molar-refractivity contribution in [3.05, 3.63) is 28.5 Å². The minimum absolute atomic E-state index is 0.250. The molecule has 0 aromatic heterocycles. The molecule has 0 spiro atoms. The van der Waals surface area contributed by atoms with Gasteiger partial charge in [0.05, 0.1) is 10.4 Å². The Morgan fingerprint density at radius 3 is 2.75 bits per heavy atom. The molecule has 1 aromatic carbocycles. The lowest BCUT2D eigenvalue weighted by atomic mass is 10.0. The quantitative estimate of drug-likeness (QED) is 0.788. The number of hydrogen-bond donors (Lipinski definition) is 3. The third kappa shape index (κ3) is 3.47. The molecule has 1 fully saturated rings. The third-order valence-electron chi connectivity index (χ3n) is 3.33. The summed E-state index contributed by atoms with van der Waals surface area (Å²) in [5.74, 6) is -1.85. The van der Waals surface area contributed by atoms with Gasteiger partial charge in [-0.25, -0.2) is 9.18 Å². The fraction of sp³-hybridized carbons (Fsp3) is 0.385. The Morgan fingerprint density at radius 1 is 1.35 bits per heavy atom. The van der Waals surface area contributed by atoms with Crippen LogP contribution in [0.4, 0.5) is 14.9 Å². The van der Waals surface area contributed by atoms with Gasteiger partial charge in [-0.15, -0.1) is 0 Å². The minimum Gasteiger partial charge on any atom is -0.481 e. The maximum atomic E-state index is 13.1. The first kappa shape index (κ1) is 14.8. The van der Waals surface area contributed by atoms with Gasteiger partial charge in [-0.1, -0.05) is 6.42 Å². The van der Waals surface area contributed by atoms with Crippen LogP contribution in [0.5, 0.6) is 0 Å². The second-order valence-electron chi connectivity index (χ2n) is 4.71. The van der Waals surface area contributed by atoms with Crippen molar-refractivity contribution in [2.45, 2.75) is 25.3 Å². The molecule has 1 saturated carbocycles. The van der Waals surface area contributed by atoms with Gasteiger partial charge in [-0.3, -0.25) is 4.79 Å². The van der Waals surface area contributed by atoms with E-state index in [9.17, 15) is 14.0 Å². The van der Waals surface area contributed by atoms with E-state index in [0.717, 1.165) is 6.42 Å². The van der Waals surface area contributed by atoms with Crippen molar-refractivity contribution in [2.24, 2.45) is 5.92 Å². The number of carbonyl (C=O) groups excluding carboxylic acids is 1. The monoisotopic (exact) mass is 344 g/mol. The van der Waals surface area contributed by atoms with E-state index in [1.165, 1.54) is 18.2 Å². The largest absolute Gasteiger partial charge is 0.481 e. The number of halogens is 2. The summed E-state index contributed by atoms with van der Waals surface area (Å²) >= 11 is 3.03. The molecule has 1 aliphatic rings. The van der Waals surface area contributed by atoms with Crippen LogP contribution >= 0.6 is 15.9 Å². The van der Waals surface area contributed by atoms with Crippen molar-refractivity contribution in [1.82, 2.24) is 5.32 Å². The molecule has 0 aliphatic heterocycles. The molecule has 2 unspecified atom stereocenters. The van der Waals surface area contributed by atoms with Crippen molar-refractivity contribution in [1.29, 1.82) is 0 Å². The summed E-state index contributed by atoms with van der Waals surface area (Å²) in [5, 5.41) is 14.2. The zero-order valence-corrected chi connectivity index (χ0v) is 12.1. The van der Waals surface area contributed by atoms with E-state index in [-0.39, 0.29) is 10.5 Å². The number of anilines is 1. The Kier molecular flexibility index (Phi) is 4.59.